The van der Waals surface area contributed by atoms with Crippen LogP contribution in [-0.4, -0.2) is 18.7 Å². The summed E-state index contributed by atoms with van der Waals surface area (Å²) in [7, 11) is 0. The van der Waals surface area contributed by atoms with E-state index < -0.39 is 0 Å². The Morgan fingerprint density at radius 2 is 1.53 bits per heavy atom. The van der Waals surface area contributed by atoms with Crippen LogP contribution < -0.4 is 0 Å². The van der Waals surface area contributed by atoms with Gasteiger partial charge in [0.05, 0.1) is 0 Å². The summed E-state index contributed by atoms with van der Waals surface area (Å²) in [5.41, 5.74) is 1.19. The van der Waals surface area contributed by atoms with Crippen LogP contribution in [0.25, 0.3) is 32.4 Å². The molecule has 0 saturated heterocycles. The molecule has 0 bridgehead atoms. The molecule has 0 spiro atoms. The van der Waals surface area contributed by atoms with Crippen LogP contribution >= 0.6 is 0 Å². The molecule has 80 valence electrons. The van der Waals surface area contributed by atoms with E-state index in [1.54, 1.807) is 0 Å². The van der Waals surface area contributed by atoms with Crippen LogP contribution in [0.1, 0.15) is 0 Å². The van der Waals surface area contributed by atoms with Gasteiger partial charge in [0.2, 0.25) is 0 Å². The zero-order valence-electron chi connectivity index (χ0n) is 9.05. The van der Waals surface area contributed by atoms with Crippen molar-refractivity contribution in [1.29, 1.82) is 0 Å². The van der Waals surface area contributed by atoms with Gasteiger partial charge in [0, 0.05) is 0 Å². The second-order valence-electron chi connectivity index (χ2n) is 4.20. The minimum absolute atomic E-state index is 0.294. The molecule has 2 heteroatoms. The quantitative estimate of drug-likeness (QED) is 0.355. The van der Waals surface area contributed by atoms with Gasteiger partial charge in [-0.1, -0.05) is 0 Å². The number of aromatic nitrogens is 1. The molecule has 4 aromatic rings. The Morgan fingerprint density at radius 3 is 2.53 bits per heavy atom. The summed E-state index contributed by atoms with van der Waals surface area (Å²) in [6.07, 6.45) is 0. The van der Waals surface area contributed by atoms with Crippen LogP contribution in [0.4, 0.5) is 0 Å². The summed E-state index contributed by atoms with van der Waals surface area (Å²) in [6, 6.07) is 17.4. The maximum absolute atomic E-state index is 4.64. The van der Waals surface area contributed by atoms with Gasteiger partial charge in [0.1, 0.15) is 0 Å². The van der Waals surface area contributed by atoms with Crippen molar-refractivity contribution >= 4 is 47.2 Å². The Morgan fingerprint density at radius 1 is 0.706 bits per heavy atom. The van der Waals surface area contributed by atoms with Crippen LogP contribution in [0.2, 0.25) is 0 Å². The summed E-state index contributed by atoms with van der Waals surface area (Å²) in [5.74, 6) is 0. The normalized spacial score (nSPS) is 11.5. The SMILES string of the molecule is c1ccc2c(c1)ccc1c2ccc2c[se]nc21. The number of hydrogen-bond acceptors (Lipinski definition) is 1. The topological polar surface area (TPSA) is 12.9 Å². The van der Waals surface area contributed by atoms with Crippen LogP contribution in [-0.2, 0) is 0 Å². The Kier molecular flexibility index (Phi) is 1.90. The van der Waals surface area contributed by atoms with Gasteiger partial charge in [-0.2, -0.15) is 0 Å². The molecule has 0 N–H and O–H groups in total. The van der Waals surface area contributed by atoms with Gasteiger partial charge in [0.15, 0.2) is 0 Å². The average Bonchev–Trinajstić information content (AvgIpc) is 2.86. The molecule has 1 nitrogen and oxygen atoms in total. The van der Waals surface area contributed by atoms with Crippen molar-refractivity contribution in [1.82, 2.24) is 3.98 Å². The summed E-state index contributed by atoms with van der Waals surface area (Å²) in [5, 5.41) is 6.52. The first-order valence-electron chi connectivity index (χ1n) is 5.58. The first-order chi connectivity index (χ1) is 8.43. The van der Waals surface area contributed by atoms with E-state index in [-0.39, 0.29) is 0 Å². The average molecular weight is 282 g/mol. The molecule has 3 aromatic carbocycles. The molecule has 0 fully saturated rings. The maximum atomic E-state index is 4.64. The number of nitrogens with zero attached hydrogens (tertiary/aromatic N) is 1. The van der Waals surface area contributed by atoms with E-state index >= 15 is 0 Å². The molecule has 0 unspecified atom stereocenters. The van der Waals surface area contributed by atoms with Gasteiger partial charge in [-0.15, -0.1) is 0 Å². The molecule has 0 aliphatic carbocycles. The molecule has 1 heterocycles. The van der Waals surface area contributed by atoms with Gasteiger partial charge >= 0.3 is 105 Å². The zero-order valence-corrected chi connectivity index (χ0v) is 10.8. The van der Waals surface area contributed by atoms with Crippen molar-refractivity contribution in [3.8, 4) is 0 Å². The molecule has 0 aliphatic heterocycles. The standard InChI is InChI=1S/C15H9NSe/c1-2-4-12-10(3-1)5-8-14-13(12)7-6-11-9-17-16-15(11)14/h1-9H. The molecular formula is C15H9NSe. The van der Waals surface area contributed by atoms with Gasteiger partial charge in [-0.25, -0.2) is 0 Å². The van der Waals surface area contributed by atoms with E-state index in [0.29, 0.717) is 14.7 Å². The zero-order chi connectivity index (χ0) is 11.2. The fourth-order valence-corrected chi connectivity index (χ4v) is 3.82. The minimum atomic E-state index is 0.294. The van der Waals surface area contributed by atoms with Gasteiger partial charge in [-0.05, 0) is 0 Å². The molecule has 0 amide bonds. The van der Waals surface area contributed by atoms with E-state index in [2.05, 4.69) is 57.5 Å². The summed E-state index contributed by atoms with van der Waals surface area (Å²) >= 11 is 0.294. The van der Waals surface area contributed by atoms with Crippen LogP contribution in [0.15, 0.2) is 53.5 Å². The van der Waals surface area contributed by atoms with Gasteiger partial charge < -0.3 is 0 Å². The molecule has 4 rings (SSSR count). The Bertz CT molecular complexity index is 845. The monoisotopic (exact) mass is 283 g/mol. The van der Waals surface area contributed by atoms with Crippen molar-refractivity contribution in [3.05, 3.63) is 53.5 Å². The third-order valence-corrected chi connectivity index (χ3v) is 4.61. The van der Waals surface area contributed by atoms with Crippen molar-refractivity contribution in [2.24, 2.45) is 0 Å². The fraction of sp³-hybridized carbons (Fsp3) is 0. The van der Waals surface area contributed by atoms with Gasteiger partial charge in [0.25, 0.3) is 0 Å². The van der Waals surface area contributed by atoms with Gasteiger partial charge in [-0.3, -0.25) is 0 Å². The fourth-order valence-electron chi connectivity index (χ4n) is 2.42. The van der Waals surface area contributed by atoms with E-state index in [0.717, 1.165) is 0 Å². The molecule has 0 atom stereocenters. The van der Waals surface area contributed by atoms with Crippen molar-refractivity contribution in [2.75, 3.05) is 0 Å². The van der Waals surface area contributed by atoms with E-state index in [1.165, 1.54) is 32.4 Å². The Labute approximate surface area is 105 Å². The van der Waals surface area contributed by atoms with Crippen molar-refractivity contribution < 1.29 is 0 Å². The molecule has 0 aliphatic rings. The van der Waals surface area contributed by atoms with E-state index in [9.17, 15) is 0 Å². The van der Waals surface area contributed by atoms with Crippen LogP contribution in [0.3, 0.4) is 0 Å². The van der Waals surface area contributed by atoms with Crippen LogP contribution in [0.5, 0.6) is 0 Å². The van der Waals surface area contributed by atoms with Crippen LogP contribution in [0, 0.1) is 0 Å². The molecular weight excluding hydrogens is 273 g/mol. The molecule has 0 radical (unpaired) electrons. The first-order valence-corrected chi connectivity index (χ1v) is 7.33. The second-order valence-corrected chi connectivity index (χ2v) is 5.52. The number of hydrogen-bond donors (Lipinski definition) is 0. The predicted molar refractivity (Wildman–Crippen MR) is 73.7 cm³/mol. The molecule has 1 aromatic heterocycles. The molecule has 17 heavy (non-hydrogen) atoms. The summed E-state index contributed by atoms with van der Waals surface area (Å²) < 4.78 is 4.64. The Hall–Kier alpha value is -1.63. The third-order valence-electron chi connectivity index (χ3n) is 3.25. The number of benzene rings is 3. The Balaban J connectivity index is 2.34. The van der Waals surface area contributed by atoms with E-state index in [4.69, 9.17) is 0 Å². The summed E-state index contributed by atoms with van der Waals surface area (Å²) in [6.45, 7) is 0. The first kappa shape index (κ1) is 9.40. The predicted octanol–water partition coefficient (Wildman–Crippen LogP) is 3.60. The number of fused-ring (bicyclic) bond motifs is 5. The second kappa shape index (κ2) is 3.43. The molecule has 0 saturated carbocycles. The number of rotatable bonds is 0. The van der Waals surface area contributed by atoms with Crippen molar-refractivity contribution in [3.63, 3.8) is 0 Å². The van der Waals surface area contributed by atoms with Crippen molar-refractivity contribution in [2.45, 2.75) is 0 Å². The van der Waals surface area contributed by atoms with E-state index in [1.807, 2.05) is 0 Å². The summed E-state index contributed by atoms with van der Waals surface area (Å²) in [4.78, 5) is 2.25. The third kappa shape index (κ3) is 1.28.